The number of hydrogen-bond donors (Lipinski definition) is 2. The number of rotatable bonds is 4. The van der Waals surface area contributed by atoms with E-state index in [9.17, 15) is 4.79 Å². The Morgan fingerprint density at radius 3 is 2.44 bits per heavy atom. The van der Waals surface area contributed by atoms with Gasteiger partial charge in [-0.2, -0.15) is 0 Å². The third kappa shape index (κ3) is 5.16. The van der Waals surface area contributed by atoms with Gasteiger partial charge in [0.25, 0.3) is 0 Å². The number of carbonyl (C=O) groups is 1. The third-order valence-corrected chi connectivity index (χ3v) is 2.17. The lowest BCUT2D eigenvalue weighted by Gasteiger charge is -2.21. The average molecular weight is 252 g/mol. The molecule has 0 saturated carbocycles. The number of carbonyl (C=O) groups excluding carboxylic acids is 1. The highest BCUT2D eigenvalue weighted by atomic mass is 16.6. The molecule has 0 aliphatic heterocycles. The van der Waals surface area contributed by atoms with Crippen LogP contribution in [0.2, 0.25) is 0 Å². The molecule has 5 heteroatoms. The molecule has 3 N–H and O–H groups in total. The summed E-state index contributed by atoms with van der Waals surface area (Å²) in [5, 5.41) is 2.62. The van der Waals surface area contributed by atoms with E-state index in [0.29, 0.717) is 0 Å². The van der Waals surface area contributed by atoms with Gasteiger partial charge in [0.2, 0.25) is 0 Å². The molecule has 0 aliphatic carbocycles. The van der Waals surface area contributed by atoms with Crippen molar-refractivity contribution >= 4 is 6.09 Å². The molecular formula is C13H20N2O3. The standard InChI is InChI=1S/C13H20N2O3/c1-13(2,3)17-12(16)15-9-11(18-14)10-7-5-4-6-8-10/h4-8,11H,9,14H2,1-3H3,(H,15,16). The van der Waals surface area contributed by atoms with E-state index in [-0.39, 0.29) is 6.54 Å². The van der Waals surface area contributed by atoms with Crippen molar-refractivity contribution in [1.29, 1.82) is 0 Å². The van der Waals surface area contributed by atoms with Crippen LogP contribution in [0.25, 0.3) is 0 Å². The zero-order valence-corrected chi connectivity index (χ0v) is 11.0. The van der Waals surface area contributed by atoms with Crippen molar-refractivity contribution in [2.75, 3.05) is 6.54 Å². The summed E-state index contributed by atoms with van der Waals surface area (Å²) in [4.78, 5) is 16.3. The molecule has 5 nitrogen and oxygen atoms in total. The molecule has 0 radical (unpaired) electrons. The van der Waals surface area contributed by atoms with E-state index in [1.165, 1.54) is 0 Å². The molecule has 1 aromatic carbocycles. The Hall–Kier alpha value is -1.59. The van der Waals surface area contributed by atoms with Crippen molar-refractivity contribution in [3.63, 3.8) is 0 Å². The zero-order valence-electron chi connectivity index (χ0n) is 11.0. The number of amides is 1. The topological polar surface area (TPSA) is 73.6 Å². The lowest BCUT2D eigenvalue weighted by Crippen LogP contribution is -2.35. The lowest BCUT2D eigenvalue weighted by atomic mass is 10.1. The molecule has 1 rings (SSSR count). The summed E-state index contributed by atoms with van der Waals surface area (Å²) in [5.41, 5.74) is 0.381. The number of ether oxygens (including phenoxy) is 1. The number of benzene rings is 1. The predicted molar refractivity (Wildman–Crippen MR) is 68.7 cm³/mol. The van der Waals surface area contributed by atoms with Gasteiger partial charge in [0.05, 0.1) is 6.54 Å². The van der Waals surface area contributed by atoms with Crippen molar-refractivity contribution < 1.29 is 14.4 Å². The minimum Gasteiger partial charge on any atom is -0.444 e. The molecule has 0 heterocycles. The van der Waals surface area contributed by atoms with Gasteiger partial charge >= 0.3 is 6.09 Å². The molecule has 0 aliphatic rings. The van der Waals surface area contributed by atoms with Gasteiger partial charge < -0.3 is 10.1 Å². The predicted octanol–water partition coefficient (Wildman–Crippen LogP) is 2.14. The highest BCUT2D eigenvalue weighted by Crippen LogP contribution is 2.14. The van der Waals surface area contributed by atoms with Crippen molar-refractivity contribution in [3.05, 3.63) is 35.9 Å². The SMILES string of the molecule is CC(C)(C)OC(=O)NCC(ON)c1ccccc1. The van der Waals surface area contributed by atoms with Crippen LogP contribution in [0.3, 0.4) is 0 Å². The minimum absolute atomic E-state index is 0.259. The van der Waals surface area contributed by atoms with Gasteiger partial charge in [-0.05, 0) is 26.3 Å². The largest absolute Gasteiger partial charge is 0.444 e. The molecule has 0 spiro atoms. The second-order valence-electron chi connectivity index (χ2n) is 4.92. The van der Waals surface area contributed by atoms with E-state index in [2.05, 4.69) is 5.32 Å². The molecule has 1 atom stereocenters. The van der Waals surface area contributed by atoms with Crippen LogP contribution in [0, 0.1) is 0 Å². The first-order valence-corrected chi connectivity index (χ1v) is 5.79. The van der Waals surface area contributed by atoms with E-state index in [1.807, 2.05) is 30.3 Å². The Morgan fingerprint density at radius 2 is 1.94 bits per heavy atom. The smallest absolute Gasteiger partial charge is 0.407 e. The van der Waals surface area contributed by atoms with E-state index in [4.69, 9.17) is 15.5 Å². The van der Waals surface area contributed by atoms with Gasteiger partial charge in [-0.1, -0.05) is 30.3 Å². The van der Waals surface area contributed by atoms with Crippen LogP contribution in [0.5, 0.6) is 0 Å². The van der Waals surface area contributed by atoms with Crippen LogP contribution >= 0.6 is 0 Å². The molecule has 0 aromatic heterocycles. The summed E-state index contributed by atoms with van der Waals surface area (Å²) in [6, 6.07) is 9.44. The van der Waals surface area contributed by atoms with Gasteiger partial charge in [0.1, 0.15) is 11.7 Å². The number of nitrogens with one attached hydrogen (secondary N) is 1. The molecule has 1 amide bonds. The normalized spacial score (nSPS) is 12.9. The Kier molecular flexibility index (Phi) is 5.12. The second-order valence-corrected chi connectivity index (χ2v) is 4.92. The molecule has 100 valence electrons. The number of hydrogen-bond acceptors (Lipinski definition) is 4. The molecule has 1 aromatic rings. The van der Waals surface area contributed by atoms with Crippen molar-refractivity contribution in [2.24, 2.45) is 5.90 Å². The Labute approximate surface area is 107 Å². The maximum atomic E-state index is 11.5. The highest BCUT2D eigenvalue weighted by molar-refractivity contribution is 5.67. The zero-order chi connectivity index (χ0) is 13.6. The summed E-state index contributed by atoms with van der Waals surface area (Å²) < 4.78 is 5.12. The molecule has 18 heavy (non-hydrogen) atoms. The van der Waals surface area contributed by atoms with Crippen molar-refractivity contribution in [1.82, 2.24) is 5.32 Å². The van der Waals surface area contributed by atoms with Crippen LogP contribution in [-0.4, -0.2) is 18.2 Å². The first-order chi connectivity index (χ1) is 8.42. The van der Waals surface area contributed by atoms with Crippen LogP contribution in [0.15, 0.2) is 30.3 Å². The fourth-order valence-electron chi connectivity index (χ4n) is 1.40. The van der Waals surface area contributed by atoms with Crippen molar-refractivity contribution in [2.45, 2.75) is 32.5 Å². The molecule has 0 fully saturated rings. The summed E-state index contributed by atoms with van der Waals surface area (Å²) in [6.45, 7) is 5.68. The van der Waals surface area contributed by atoms with E-state index in [0.717, 1.165) is 5.56 Å². The third-order valence-electron chi connectivity index (χ3n) is 2.17. The first-order valence-electron chi connectivity index (χ1n) is 5.79. The Morgan fingerprint density at radius 1 is 1.33 bits per heavy atom. The summed E-state index contributed by atoms with van der Waals surface area (Å²) in [5.74, 6) is 5.23. The summed E-state index contributed by atoms with van der Waals surface area (Å²) in [6.07, 6.45) is -0.876. The monoisotopic (exact) mass is 252 g/mol. The lowest BCUT2D eigenvalue weighted by molar-refractivity contribution is 0.0341. The Bertz CT molecular complexity index is 374. The van der Waals surface area contributed by atoms with Gasteiger partial charge in [-0.3, -0.25) is 4.84 Å². The van der Waals surface area contributed by atoms with E-state index < -0.39 is 17.8 Å². The van der Waals surface area contributed by atoms with Crippen LogP contribution < -0.4 is 11.2 Å². The Balaban J connectivity index is 2.48. The van der Waals surface area contributed by atoms with Crippen LogP contribution in [0.1, 0.15) is 32.4 Å². The maximum Gasteiger partial charge on any atom is 0.407 e. The molecule has 0 saturated heterocycles. The van der Waals surface area contributed by atoms with Gasteiger partial charge in [0.15, 0.2) is 0 Å². The van der Waals surface area contributed by atoms with Crippen LogP contribution in [0.4, 0.5) is 4.79 Å². The van der Waals surface area contributed by atoms with Gasteiger partial charge in [-0.25, -0.2) is 10.7 Å². The first kappa shape index (κ1) is 14.5. The molecule has 1 unspecified atom stereocenters. The minimum atomic E-state index is -0.518. The van der Waals surface area contributed by atoms with Gasteiger partial charge in [-0.15, -0.1) is 0 Å². The fourth-order valence-corrected chi connectivity index (χ4v) is 1.40. The molecule has 0 bridgehead atoms. The number of nitrogens with two attached hydrogens (primary N) is 1. The maximum absolute atomic E-state index is 11.5. The summed E-state index contributed by atoms with van der Waals surface area (Å²) >= 11 is 0. The van der Waals surface area contributed by atoms with E-state index >= 15 is 0 Å². The quantitative estimate of drug-likeness (QED) is 0.805. The molecular weight excluding hydrogens is 232 g/mol. The fraction of sp³-hybridized carbons (Fsp3) is 0.462. The number of alkyl carbamates (subject to hydrolysis) is 1. The highest BCUT2D eigenvalue weighted by Gasteiger charge is 2.18. The van der Waals surface area contributed by atoms with E-state index in [1.54, 1.807) is 20.8 Å². The van der Waals surface area contributed by atoms with Crippen molar-refractivity contribution in [3.8, 4) is 0 Å². The summed E-state index contributed by atoms with van der Waals surface area (Å²) in [7, 11) is 0. The van der Waals surface area contributed by atoms with Crippen LogP contribution in [-0.2, 0) is 9.57 Å². The van der Waals surface area contributed by atoms with Gasteiger partial charge in [0, 0.05) is 0 Å². The average Bonchev–Trinajstić information content (AvgIpc) is 2.29. The second kappa shape index (κ2) is 6.37.